The lowest BCUT2D eigenvalue weighted by molar-refractivity contribution is -0.199. The summed E-state index contributed by atoms with van der Waals surface area (Å²) in [5, 5.41) is 3.25. The normalized spacial score (nSPS) is 25.2. The van der Waals surface area contributed by atoms with E-state index in [1.807, 2.05) is 93.6 Å². The summed E-state index contributed by atoms with van der Waals surface area (Å²) in [5.41, 5.74) is 2.50. The van der Waals surface area contributed by atoms with Gasteiger partial charge < -0.3 is 24.1 Å². The quantitative estimate of drug-likeness (QED) is 0.199. The first kappa shape index (κ1) is 32.3. The Kier molecular flexibility index (Phi) is 8.81. The lowest BCUT2D eigenvalue weighted by Crippen LogP contribution is -2.65. The second kappa shape index (κ2) is 12.5. The van der Waals surface area contributed by atoms with E-state index in [1.54, 1.807) is 6.07 Å². The molecular formula is C38H46BNO6. The van der Waals surface area contributed by atoms with Gasteiger partial charge in [-0.1, -0.05) is 68.4 Å². The average molecular weight is 624 g/mol. The monoisotopic (exact) mass is 623 g/mol. The average Bonchev–Trinajstić information content (AvgIpc) is 3.37. The van der Waals surface area contributed by atoms with Gasteiger partial charge in [-0.3, -0.25) is 4.79 Å². The summed E-state index contributed by atoms with van der Waals surface area (Å²) in [6, 6.07) is 25.1. The topological polar surface area (TPSA) is 83.1 Å². The third kappa shape index (κ3) is 6.89. The number of ether oxygens (including phenoxy) is 2. The molecule has 1 saturated heterocycles. The number of carbonyl (C=O) groups is 2. The second-order valence-electron chi connectivity index (χ2n) is 15.0. The maximum atomic E-state index is 13.6. The lowest BCUT2D eigenvalue weighted by Gasteiger charge is -2.64. The molecule has 3 saturated carbocycles. The molecule has 0 radical (unpaired) electrons. The van der Waals surface area contributed by atoms with Crippen molar-refractivity contribution >= 4 is 19.0 Å². The summed E-state index contributed by atoms with van der Waals surface area (Å²) in [7, 11) is -0.611. The van der Waals surface area contributed by atoms with E-state index in [1.165, 1.54) is 0 Å². The first-order valence-corrected chi connectivity index (χ1v) is 16.5. The molecular weight excluding hydrogens is 577 g/mol. The molecule has 7 nitrogen and oxygen atoms in total. The van der Waals surface area contributed by atoms with Crippen LogP contribution in [0.1, 0.15) is 81.4 Å². The molecule has 4 aliphatic rings. The zero-order chi connectivity index (χ0) is 32.7. The lowest BCUT2D eigenvalue weighted by atomic mass is 9.43. The van der Waals surface area contributed by atoms with Gasteiger partial charge in [0.2, 0.25) is 5.91 Å². The van der Waals surface area contributed by atoms with Crippen molar-refractivity contribution in [2.45, 2.75) is 97.1 Å². The predicted molar refractivity (Wildman–Crippen MR) is 178 cm³/mol. The molecule has 7 rings (SSSR count). The summed E-state index contributed by atoms with van der Waals surface area (Å²) < 4.78 is 25.1. The Labute approximate surface area is 273 Å². The van der Waals surface area contributed by atoms with E-state index in [-0.39, 0.29) is 29.8 Å². The van der Waals surface area contributed by atoms with Gasteiger partial charge in [0.15, 0.2) is 0 Å². The van der Waals surface area contributed by atoms with Crippen LogP contribution in [0.15, 0.2) is 78.9 Å². The zero-order valence-electron chi connectivity index (χ0n) is 27.9. The van der Waals surface area contributed by atoms with Gasteiger partial charge in [-0.05, 0) is 105 Å². The van der Waals surface area contributed by atoms with Gasteiger partial charge in [0.25, 0.3) is 0 Å². The maximum Gasteiger partial charge on any atom is 0.482 e. The van der Waals surface area contributed by atoms with Gasteiger partial charge in [-0.25, -0.2) is 4.79 Å². The number of rotatable bonds is 10. The van der Waals surface area contributed by atoms with Crippen LogP contribution in [0.25, 0.3) is 0 Å². The Bertz CT molecular complexity index is 1570. The van der Waals surface area contributed by atoms with Crippen LogP contribution in [0.5, 0.6) is 5.75 Å². The fraction of sp³-hybridized carbons (Fsp3) is 0.474. The molecule has 4 fully saturated rings. The van der Waals surface area contributed by atoms with Crippen LogP contribution in [0.4, 0.5) is 0 Å². The molecule has 8 heteroatoms. The van der Waals surface area contributed by atoms with Crippen LogP contribution in [0.2, 0.25) is 0 Å². The molecule has 5 atom stereocenters. The number of nitrogens with one attached hydrogen (secondary N) is 1. The number of hydrogen-bond acceptors (Lipinski definition) is 6. The number of benzene rings is 3. The van der Waals surface area contributed by atoms with Gasteiger partial charge in [0, 0.05) is 0 Å². The van der Waals surface area contributed by atoms with Crippen LogP contribution in [0.3, 0.4) is 0 Å². The van der Waals surface area contributed by atoms with E-state index in [4.69, 9.17) is 18.8 Å². The Hall–Kier alpha value is -3.62. The first-order valence-electron chi connectivity index (χ1n) is 16.5. The Morgan fingerprint density at radius 3 is 2.39 bits per heavy atom. The van der Waals surface area contributed by atoms with E-state index in [0.717, 1.165) is 29.5 Å². The van der Waals surface area contributed by atoms with E-state index in [2.05, 4.69) is 26.1 Å². The Balaban J connectivity index is 1.18. The fourth-order valence-corrected chi connectivity index (χ4v) is 7.63. The molecule has 2 bridgehead atoms. The highest BCUT2D eigenvalue weighted by Crippen LogP contribution is 2.65. The predicted octanol–water partition coefficient (Wildman–Crippen LogP) is 6.76. The number of esters is 1. The van der Waals surface area contributed by atoms with Gasteiger partial charge in [0.1, 0.15) is 18.0 Å². The smallest absolute Gasteiger partial charge is 0.482 e. The molecule has 1 N–H and O–H groups in total. The van der Waals surface area contributed by atoms with Crippen LogP contribution < -0.4 is 10.1 Å². The van der Waals surface area contributed by atoms with Crippen LogP contribution in [-0.2, 0) is 38.3 Å². The molecule has 242 valence electrons. The molecule has 1 amide bonds. The highest BCUT2D eigenvalue weighted by Gasteiger charge is 2.68. The van der Waals surface area contributed by atoms with E-state index < -0.39 is 24.3 Å². The first-order chi connectivity index (χ1) is 21.8. The number of amides is 1. The molecule has 3 aromatic carbocycles. The standard InChI is InChI=1S/C38H46BNO6/c1-36(2,3)44-35(42)28-16-10-14-26(18-28)20-33(39-45-32-23-29-22-31(37(29,4)5)38(32,6)46-39)40-34(41)21-27-15-11-17-30(19-27)43-24-25-12-8-7-9-13-25/h7-19,29,31-33H,20-24H2,1-6H3,(H,40,41). The highest BCUT2D eigenvalue weighted by atomic mass is 16.7. The third-order valence-corrected chi connectivity index (χ3v) is 10.2. The molecule has 3 aromatic rings. The minimum atomic E-state index is -0.611. The molecule has 46 heavy (non-hydrogen) atoms. The van der Waals surface area contributed by atoms with Crippen molar-refractivity contribution < 1.29 is 28.4 Å². The molecule has 3 aliphatic carbocycles. The summed E-state index contributed by atoms with van der Waals surface area (Å²) in [6.45, 7) is 12.9. The molecule has 1 heterocycles. The van der Waals surface area contributed by atoms with Crippen molar-refractivity contribution in [1.82, 2.24) is 5.32 Å². The summed E-state index contributed by atoms with van der Waals surface area (Å²) in [4.78, 5) is 26.5. The fourth-order valence-electron chi connectivity index (χ4n) is 7.63. The van der Waals surface area contributed by atoms with E-state index in [0.29, 0.717) is 36.2 Å². The summed E-state index contributed by atoms with van der Waals surface area (Å²) in [6.07, 6.45) is 2.71. The largest absolute Gasteiger partial charge is 0.489 e. The number of hydrogen-bond donors (Lipinski definition) is 1. The van der Waals surface area contributed by atoms with Crippen molar-refractivity contribution in [2.24, 2.45) is 17.3 Å². The van der Waals surface area contributed by atoms with Crippen LogP contribution >= 0.6 is 0 Å². The van der Waals surface area contributed by atoms with Gasteiger partial charge in [-0.15, -0.1) is 0 Å². The van der Waals surface area contributed by atoms with E-state index in [9.17, 15) is 9.59 Å². The molecule has 0 aromatic heterocycles. The zero-order valence-corrected chi connectivity index (χ0v) is 27.9. The summed E-state index contributed by atoms with van der Waals surface area (Å²) in [5.74, 6) is 0.767. The highest BCUT2D eigenvalue weighted by molar-refractivity contribution is 6.48. The Morgan fingerprint density at radius 1 is 0.935 bits per heavy atom. The van der Waals surface area contributed by atoms with Crippen molar-refractivity contribution in [3.63, 3.8) is 0 Å². The van der Waals surface area contributed by atoms with Gasteiger partial charge in [-0.2, -0.15) is 0 Å². The second-order valence-corrected chi connectivity index (χ2v) is 15.0. The minimum Gasteiger partial charge on any atom is -0.489 e. The number of carbonyl (C=O) groups excluding carboxylic acids is 2. The van der Waals surface area contributed by atoms with Crippen molar-refractivity contribution in [2.75, 3.05) is 0 Å². The van der Waals surface area contributed by atoms with Crippen molar-refractivity contribution in [3.8, 4) is 5.75 Å². The van der Waals surface area contributed by atoms with Crippen molar-refractivity contribution in [3.05, 3.63) is 101 Å². The van der Waals surface area contributed by atoms with Gasteiger partial charge in [0.05, 0.1) is 29.6 Å². The maximum absolute atomic E-state index is 13.6. The van der Waals surface area contributed by atoms with Gasteiger partial charge >= 0.3 is 13.1 Å². The third-order valence-electron chi connectivity index (χ3n) is 10.2. The SMILES string of the molecule is CC(C)(C)OC(=O)c1cccc(CC(NC(=O)Cc2cccc(OCc3ccccc3)c2)B2OC3CC4CC(C4(C)C)C3(C)O2)c1. The minimum absolute atomic E-state index is 0.0137. The van der Waals surface area contributed by atoms with Crippen LogP contribution in [-0.4, -0.2) is 42.2 Å². The summed E-state index contributed by atoms with van der Waals surface area (Å²) >= 11 is 0. The van der Waals surface area contributed by atoms with Crippen molar-refractivity contribution in [1.29, 1.82) is 0 Å². The Morgan fingerprint density at radius 2 is 1.65 bits per heavy atom. The molecule has 5 unspecified atom stereocenters. The van der Waals surface area contributed by atoms with E-state index >= 15 is 0 Å². The van der Waals surface area contributed by atoms with Crippen LogP contribution in [0, 0.1) is 17.3 Å². The molecule has 0 spiro atoms. The molecule has 1 aliphatic heterocycles.